The van der Waals surface area contributed by atoms with Crippen molar-refractivity contribution in [2.75, 3.05) is 5.75 Å². The monoisotopic (exact) mass is 554 g/mol. The van der Waals surface area contributed by atoms with Crippen LogP contribution in [0.15, 0.2) is 47.4 Å². The second-order valence-electron chi connectivity index (χ2n) is 8.90. The summed E-state index contributed by atoms with van der Waals surface area (Å²) >= 11 is 20.5. The fourth-order valence-corrected chi connectivity index (χ4v) is 5.90. The number of hydrogen-bond donors (Lipinski definition) is 1. The normalized spacial score (nSPS) is 15.0. The number of thioether (sulfide) groups is 1. The topological polar surface area (TPSA) is 49.4 Å². The van der Waals surface area contributed by atoms with Gasteiger partial charge in [-0.25, -0.2) is 0 Å². The Balaban J connectivity index is 1.69. The fourth-order valence-electron chi connectivity index (χ4n) is 4.41. The van der Waals surface area contributed by atoms with Gasteiger partial charge in [-0.1, -0.05) is 67.1 Å². The van der Waals surface area contributed by atoms with Crippen LogP contribution in [0.3, 0.4) is 0 Å². The zero-order chi connectivity index (χ0) is 25.2. The molecule has 0 spiro atoms. The van der Waals surface area contributed by atoms with Crippen LogP contribution >= 0.6 is 46.6 Å². The Morgan fingerprint density at radius 3 is 2.31 bits per heavy atom. The number of nitrogens with zero attached hydrogens (tertiary/aromatic N) is 1. The Morgan fingerprint density at radius 2 is 1.69 bits per heavy atom. The van der Waals surface area contributed by atoms with Crippen molar-refractivity contribution in [1.29, 1.82) is 0 Å². The van der Waals surface area contributed by atoms with Gasteiger partial charge in [-0.2, -0.15) is 0 Å². The molecular formula is C27H33Cl3N2O2S. The summed E-state index contributed by atoms with van der Waals surface area (Å²) in [5.41, 5.74) is 0.670. The number of benzene rings is 2. The molecule has 2 aromatic rings. The summed E-state index contributed by atoms with van der Waals surface area (Å²) in [5, 5.41) is 4.90. The van der Waals surface area contributed by atoms with Crippen LogP contribution in [0.5, 0.6) is 0 Å². The third kappa shape index (κ3) is 8.59. The van der Waals surface area contributed by atoms with Gasteiger partial charge in [0.1, 0.15) is 6.04 Å². The van der Waals surface area contributed by atoms with E-state index >= 15 is 0 Å². The van der Waals surface area contributed by atoms with Crippen LogP contribution < -0.4 is 5.32 Å². The molecule has 8 heteroatoms. The predicted molar refractivity (Wildman–Crippen MR) is 148 cm³/mol. The second-order valence-corrected chi connectivity index (χ2v) is 11.3. The van der Waals surface area contributed by atoms with Crippen molar-refractivity contribution in [1.82, 2.24) is 10.2 Å². The minimum atomic E-state index is -0.569. The summed E-state index contributed by atoms with van der Waals surface area (Å²) in [6.45, 7) is 2.15. The summed E-state index contributed by atoms with van der Waals surface area (Å²) in [6.07, 6.45) is 7.02. The van der Waals surface area contributed by atoms with Gasteiger partial charge in [-0.05, 0) is 67.8 Å². The summed E-state index contributed by atoms with van der Waals surface area (Å²) in [5.74, 6) is 0.633. The molecule has 0 radical (unpaired) electrons. The maximum atomic E-state index is 13.5. The first-order valence-electron chi connectivity index (χ1n) is 12.3. The zero-order valence-corrected chi connectivity index (χ0v) is 23.2. The van der Waals surface area contributed by atoms with Crippen LogP contribution in [-0.2, 0) is 16.1 Å². The van der Waals surface area contributed by atoms with E-state index in [0.717, 1.165) is 36.3 Å². The van der Waals surface area contributed by atoms with Crippen molar-refractivity contribution >= 4 is 58.4 Å². The molecule has 1 aliphatic rings. The molecule has 0 saturated heterocycles. The minimum Gasteiger partial charge on any atom is -0.352 e. The van der Waals surface area contributed by atoms with Gasteiger partial charge < -0.3 is 10.2 Å². The lowest BCUT2D eigenvalue weighted by Gasteiger charge is -2.33. The quantitative estimate of drug-likeness (QED) is 0.227. The van der Waals surface area contributed by atoms with Crippen molar-refractivity contribution < 1.29 is 9.59 Å². The number of halogens is 3. The van der Waals surface area contributed by atoms with E-state index in [2.05, 4.69) is 5.32 Å². The summed E-state index contributed by atoms with van der Waals surface area (Å²) < 4.78 is 0. The second kappa shape index (κ2) is 14.4. The first kappa shape index (κ1) is 28.2. The lowest BCUT2D eigenvalue weighted by atomic mass is 9.95. The lowest BCUT2D eigenvalue weighted by Crippen LogP contribution is -2.51. The molecule has 3 rings (SSSR count). The van der Waals surface area contributed by atoms with Crippen LogP contribution in [-0.4, -0.2) is 34.6 Å². The van der Waals surface area contributed by atoms with Gasteiger partial charge >= 0.3 is 0 Å². The maximum Gasteiger partial charge on any atom is 0.243 e. The molecular weight excluding hydrogens is 523 g/mol. The van der Waals surface area contributed by atoms with Crippen molar-refractivity contribution in [2.24, 2.45) is 0 Å². The molecule has 35 heavy (non-hydrogen) atoms. The Bertz CT molecular complexity index is 961. The summed E-state index contributed by atoms with van der Waals surface area (Å²) in [7, 11) is 0. The predicted octanol–water partition coefficient (Wildman–Crippen LogP) is 7.78. The Kier molecular flexibility index (Phi) is 11.6. The minimum absolute atomic E-state index is 0.0664. The summed E-state index contributed by atoms with van der Waals surface area (Å²) in [4.78, 5) is 29.5. The first-order valence-corrected chi connectivity index (χ1v) is 14.4. The average molecular weight is 556 g/mol. The van der Waals surface area contributed by atoms with E-state index in [4.69, 9.17) is 34.8 Å². The molecule has 0 aromatic heterocycles. The number of hydrogen-bond acceptors (Lipinski definition) is 3. The van der Waals surface area contributed by atoms with Gasteiger partial charge in [0.25, 0.3) is 0 Å². The Morgan fingerprint density at radius 1 is 1.03 bits per heavy atom. The van der Waals surface area contributed by atoms with E-state index in [1.807, 2.05) is 31.2 Å². The molecule has 1 atom stereocenters. The highest BCUT2D eigenvalue weighted by atomic mass is 35.5. The molecule has 0 unspecified atom stereocenters. The maximum absolute atomic E-state index is 13.5. The molecule has 2 amide bonds. The van der Waals surface area contributed by atoms with Gasteiger partial charge in [0.05, 0.1) is 0 Å². The smallest absolute Gasteiger partial charge is 0.243 e. The van der Waals surface area contributed by atoms with Crippen LogP contribution in [0.4, 0.5) is 0 Å². The molecule has 4 nitrogen and oxygen atoms in total. The molecule has 1 saturated carbocycles. The van der Waals surface area contributed by atoms with E-state index in [1.165, 1.54) is 6.42 Å². The van der Waals surface area contributed by atoms with Crippen LogP contribution in [0.25, 0.3) is 0 Å². The fraction of sp³-hybridized carbons (Fsp3) is 0.481. The van der Waals surface area contributed by atoms with Gasteiger partial charge in [0.15, 0.2) is 0 Å². The first-order chi connectivity index (χ1) is 16.9. The standard InChI is InChI=1S/C27H33Cl3N2O2S/c1-2-25(27(34)31-20-8-4-3-5-9-20)32(18-22-23(29)10-6-11-24(22)30)26(33)12-7-17-35-21-15-13-19(28)14-16-21/h6,10-11,13-16,20,25H,2-5,7-9,12,17-18H2,1H3,(H,31,34)/t25-/m1/s1. The Labute approximate surface area is 228 Å². The van der Waals surface area contributed by atoms with Crippen LogP contribution in [0, 0.1) is 0 Å². The van der Waals surface area contributed by atoms with Crippen molar-refractivity contribution in [3.05, 3.63) is 63.1 Å². The Hall–Kier alpha value is -1.40. The molecule has 1 N–H and O–H groups in total. The molecule has 0 heterocycles. The highest BCUT2D eigenvalue weighted by molar-refractivity contribution is 7.99. The van der Waals surface area contributed by atoms with Crippen molar-refractivity contribution in [3.63, 3.8) is 0 Å². The average Bonchev–Trinajstić information content (AvgIpc) is 2.85. The number of rotatable bonds is 11. The highest BCUT2D eigenvalue weighted by Crippen LogP contribution is 2.28. The number of carbonyl (C=O) groups excluding carboxylic acids is 2. The largest absolute Gasteiger partial charge is 0.352 e. The zero-order valence-electron chi connectivity index (χ0n) is 20.1. The number of nitrogens with one attached hydrogen (secondary N) is 1. The van der Waals surface area contributed by atoms with E-state index in [9.17, 15) is 9.59 Å². The van der Waals surface area contributed by atoms with E-state index < -0.39 is 6.04 Å². The van der Waals surface area contributed by atoms with E-state index in [1.54, 1.807) is 34.9 Å². The number of carbonyl (C=O) groups is 2. The van der Waals surface area contributed by atoms with E-state index in [-0.39, 0.29) is 24.4 Å². The molecule has 0 aliphatic heterocycles. The van der Waals surface area contributed by atoms with Gasteiger partial charge in [0.2, 0.25) is 11.8 Å². The van der Waals surface area contributed by atoms with Gasteiger partial charge in [-0.3, -0.25) is 9.59 Å². The number of amides is 2. The molecule has 1 fully saturated rings. The molecule has 2 aromatic carbocycles. The third-order valence-corrected chi connectivity index (χ3v) is 8.40. The van der Waals surface area contributed by atoms with Crippen LogP contribution in [0.2, 0.25) is 15.1 Å². The SMILES string of the molecule is CC[C@H](C(=O)NC1CCCCC1)N(Cc1c(Cl)cccc1Cl)C(=O)CCCSc1ccc(Cl)cc1. The molecule has 190 valence electrons. The highest BCUT2D eigenvalue weighted by Gasteiger charge is 2.31. The molecule has 1 aliphatic carbocycles. The molecule has 0 bridgehead atoms. The van der Waals surface area contributed by atoms with Crippen molar-refractivity contribution in [2.45, 2.75) is 81.8 Å². The van der Waals surface area contributed by atoms with Crippen LogP contribution in [0.1, 0.15) is 63.9 Å². The van der Waals surface area contributed by atoms with E-state index in [0.29, 0.717) is 39.9 Å². The summed E-state index contributed by atoms with van der Waals surface area (Å²) in [6, 6.07) is 12.6. The van der Waals surface area contributed by atoms with Crippen molar-refractivity contribution in [3.8, 4) is 0 Å². The van der Waals surface area contributed by atoms with Gasteiger partial charge in [0, 0.05) is 44.5 Å². The van der Waals surface area contributed by atoms with Gasteiger partial charge in [-0.15, -0.1) is 11.8 Å². The third-order valence-electron chi connectivity index (χ3n) is 6.34. The lowest BCUT2D eigenvalue weighted by molar-refractivity contribution is -0.141.